The molecule has 2 heteroatoms. The van der Waals surface area contributed by atoms with Gasteiger partial charge in [-0.3, -0.25) is 0 Å². The fourth-order valence-electron chi connectivity index (χ4n) is 0.826. The van der Waals surface area contributed by atoms with Crippen molar-refractivity contribution in [2.75, 3.05) is 5.73 Å². The van der Waals surface area contributed by atoms with Crippen LogP contribution in [0, 0.1) is 13.8 Å². The molecule has 0 aliphatic carbocycles. The zero-order valence-electron chi connectivity index (χ0n) is 6.52. The van der Waals surface area contributed by atoms with Crippen LogP contribution in [0.4, 0.5) is 5.69 Å². The van der Waals surface area contributed by atoms with E-state index < -0.39 is 0 Å². The third-order valence-corrected chi connectivity index (χ3v) is 1.43. The molecule has 0 heterocycles. The van der Waals surface area contributed by atoms with E-state index in [0.29, 0.717) is 0 Å². The topological polar surface area (TPSA) is 61.0 Å². The van der Waals surface area contributed by atoms with E-state index in [1.165, 1.54) is 5.56 Å². The zero-order chi connectivity index (χ0) is 6.85. The van der Waals surface area contributed by atoms with Crippen LogP contribution < -0.4 is 11.9 Å². The van der Waals surface area contributed by atoms with Gasteiger partial charge in [0.15, 0.2) is 0 Å². The third kappa shape index (κ3) is 1.74. The van der Waals surface area contributed by atoms with E-state index in [4.69, 9.17) is 5.73 Å². The molecule has 0 bridgehead atoms. The Morgan fingerprint density at radius 1 is 1.20 bits per heavy atom. The number of nitrogen functional groups attached to an aromatic ring is 1. The molecule has 0 amide bonds. The van der Waals surface area contributed by atoms with Crippen LogP contribution in [-0.4, -0.2) is 0 Å². The van der Waals surface area contributed by atoms with Gasteiger partial charge in [0, 0.05) is 5.69 Å². The molecule has 2 nitrogen and oxygen atoms in total. The summed E-state index contributed by atoms with van der Waals surface area (Å²) in [5, 5.41) is 0. The van der Waals surface area contributed by atoms with Crippen LogP contribution in [0.2, 0.25) is 0 Å². The number of rotatable bonds is 0. The highest BCUT2D eigenvalue weighted by atomic mass is 14.5. The van der Waals surface area contributed by atoms with E-state index >= 15 is 0 Å². The number of hydrogen-bond donors (Lipinski definition) is 2. The van der Waals surface area contributed by atoms with Crippen molar-refractivity contribution in [2.24, 2.45) is 0 Å². The first-order valence-corrected chi connectivity index (χ1v) is 3.03. The van der Waals surface area contributed by atoms with E-state index in [1.54, 1.807) is 0 Å². The Labute approximate surface area is 61.6 Å². The van der Waals surface area contributed by atoms with E-state index in [0.717, 1.165) is 11.3 Å². The standard InChI is InChI=1S/C8H11N.H3N/c1-6-3-4-8(9)7(2)5-6;/h3-5H,9H2,1-2H3;1H3. The number of nitrogens with two attached hydrogens (primary N) is 1. The fourth-order valence-corrected chi connectivity index (χ4v) is 0.826. The largest absolute Gasteiger partial charge is 0.399 e. The quantitative estimate of drug-likeness (QED) is 0.539. The van der Waals surface area contributed by atoms with Crippen molar-refractivity contribution in [3.63, 3.8) is 0 Å². The number of anilines is 1. The molecule has 0 aliphatic heterocycles. The lowest BCUT2D eigenvalue weighted by Crippen LogP contribution is -1.88. The molecule has 1 aromatic carbocycles. The minimum Gasteiger partial charge on any atom is -0.399 e. The van der Waals surface area contributed by atoms with Gasteiger partial charge in [0.25, 0.3) is 0 Å². The summed E-state index contributed by atoms with van der Waals surface area (Å²) in [6.45, 7) is 4.08. The maximum atomic E-state index is 5.59. The Balaban J connectivity index is 0.000000810. The smallest absolute Gasteiger partial charge is 0.0343 e. The van der Waals surface area contributed by atoms with Crippen LogP contribution in [0.5, 0.6) is 0 Å². The van der Waals surface area contributed by atoms with Crippen molar-refractivity contribution < 1.29 is 0 Å². The van der Waals surface area contributed by atoms with E-state index in [-0.39, 0.29) is 6.15 Å². The summed E-state index contributed by atoms with van der Waals surface area (Å²) in [5.74, 6) is 0. The minimum absolute atomic E-state index is 0. The SMILES string of the molecule is Cc1ccc(N)c(C)c1.N. The molecule has 56 valence electrons. The summed E-state index contributed by atoms with van der Waals surface area (Å²) in [6.07, 6.45) is 0. The minimum atomic E-state index is 0. The average Bonchev–Trinajstić information content (AvgIpc) is 1.80. The second kappa shape index (κ2) is 3.22. The predicted molar refractivity (Wildman–Crippen MR) is 45.4 cm³/mol. The molecule has 1 aromatic rings. The van der Waals surface area contributed by atoms with Gasteiger partial charge < -0.3 is 11.9 Å². The van der Waals surface area contributed by atoms with Gasteiger partial charge in [-0.1, -0.05) is 17.7 Å². The maximum Gasteiger partial charge on any atom is 0.0343 e. The van der Waals surface area contributed by atoms with Gasteiger partial charge >= 0.3 is 0 Å². The van der Waals surface area contributed by atoms with Gasteiger partial charge in [-0.25, -0.2) is 0 Å². The molecule has 0 unspecified atom stereocenters. The van der Waals surface area contributed by atoms with Crippen LogP contribution in [0.1, 0.15) is 11.1 Å². The second-order valence-corrected chi connectivity index (χ2v) is 2.36. The van der Waals surface area contributed by atoms with Crippen LogP contribution in [0.25, 0.3) is 0 Å². The number of hydrogen-bond acceptors (Lipinski definition) is 2. The molecule has 0 fully saturated rings. The second-order valence-electron chi connectivity index (χ2n) is 2.36. The van der Waals surface area contributed by atoms with Gasteiger partial charge in [0.1, 0.15) is 0 Å². The van der Waals surface area contributed by atoms with Crippen molar-refractivity contribution in [1.82, 2.24) is 6.15 Å². The molecule has 0 saturated heterocycles. The van der Waals surface area contributed by atoms with Crippen LogP contribution >= 0.6 is 0 Å². The lowest BCUT2D eigenvalue weighted by Gasteiger charge is -1.98. The summed E-state index contributed by atoms with van der Waals surface area (Å²) >= 11 is 0. The van der Waals surface area contributed by atoms with Crippen molar-refractivity contribution in [1.29, 1.82) is 0 Å². The Bertz CT molecular complexity index is 218. The lowest BCUT2D eigenvalue weighted by molar-refractivity contribution is 1.39. The summed E-state index contributed by atoms with van der Waals surface area (Å²) in [6, 6.07) is 6.03. The first-order chi connectivity index (χ1) is 4.20. The van der Waals surface area contributed by atoms with E-state index in [9.17, 15) is 0 Å². The Hall–Kier alpha value is -1.02. The highest BCUT2D eigenvalue weighted by Gasteiger charge is 1.89. The average molecular weight is 138 g/mol. The fraction of sp³-hybridized carbons (Fsp3) is 0.250. The molecule has 5 N–H and O–H groups in total. The maximum absolute atomic E-state index is 5.59. The molecule has 0 aliphatic rings. The van der Waals surface area contributed by atoms with E-state index in [1.807, 2.05) is 19.1 Å². The van der Waals surface area contributed by atoms with Crippen LogP contribution in [-0.2, 0) is 0 Å². The first kappa shape index (κ1) is 8.98. The van der Waals surface area contributed by atoms with Gasteiger partial charge in [0.2, 0.25) is 0 Å². The van der Waals surface area contributed by atoms with Gasteiger partial charge in [0.05, 0.1) is 0 Å². The van der Waals surface area contributed by atoms with Crippen molar-refractivity contribution >= 4 is 5.69 Å². The molecule has 0 atom stereocenters. The zero-order valence-corrected chi connectivity index (χ0v) is 6.52. The van der Waals surface area contributed by atoms with Gasteiger partial charge in [-0.2, -0.15) is 0 Å². The Kier molecular flexibility index (Phi) is 2.90. The number of aryl methyl sites for hydroxylation is 2. The van der Waals surface area contributed by atoms with Crippen molar-refractivity contribution in [3.05, 3.63) is 29.3 Å². The van der Waals surface area contributed by atoms with Gasteiger partial charge in [-0.05, 0) is 25.5 Å². The number of benzene rings is 1. The molecule has 0 aromatic heterocycles. The van der Waals surface area contributed by atoms with Crippen molar-refractivity contribution in [2.45, 2.75) is 13.8 Å². The summed E-state index contributed by atoms with van der Waals surface area (Å²) in [4.78, 5) is 0. The summed E-state index contributed by atoms with van der Waals surface area (Å²) in [5.41, 5.74) is 8.89. The molecular weight excluding hydrogens is 124 g/mol. The summed E-state index contributed by atoms with van der Waals surface area (Å²) in [7, 11) is 0. The molecule has 0 radical (unpaired) electrons. The first-order valence-electron chi connectivity index (χ1n) is 3.03. The molecule has 0 saturated carbocycles. The summed E-state index contributed by atoms with van der Waals surface area (Å²) < 4.78 is 0. The monoisotopic (exact) mass is 138 g/mol. The Morgan fingerprint density at radius 2 is 1.80 bits per heavy atom. The highest BCUT2D eigenvalue weighted by Crippen LogP contribution is 2.10. The molecule has 10 heavy (non-hydrogen) atoms. The molecular formula is C8H14N2. The van der Waals surface area contributed by atoms with Gasteiger partial charge in [-0.15, -0.1) is 0 Å². The molecule has 1 rings (SSSR count). The Morgan fingerprint density at radius 3 is 2.20 bits per heavy atom. The highest BCUT2D eigenvalue weighted by molar-refractivity contribution is 5.47. The van der Waals surface area contributed by atoms with Crippen molar-refractivity contribution in [3.8, 4) is 0 Å². The molecule has 0 spiro atoms. The normalized spacial score (nSPS) is 8.60. The third-order valence-electron chi connectivity index (χ3n) is 1.43. The lowest BCUT2D eigenvalue weighted by atomic mass is 10.1. The van der Waals surface area contributed by atoms with E-state index in [2.05, 4.69) is 13.0 Å². The van der Waals surface area contributed by atoms with Crippen LogP contribution in [0.15, 0.2) is 18.2 Å². The predicted octanol–water partition coefficient (Wildman–Crippen LogP) is 2.05. The van der Waals surface area contributed by atoms with Crippen LogP contribution in [0.3, 0.4) is 0 Å².